The number of hydrogen-bond acceptors (Lipinski definition) is 3. The van der Waals surface area contributed by atoms with E-state index >= 15 is 0 Å². The highest BCUT2D eigenvalue weighted by molar-refractivity contribution is 5.95. The van der Waals surface area contributed by atoms with Crippen LogP contribution >= 0.6 is 0 Å². The zero-order valence-electron chi connectivity index (χ0n) is 15.1. The Morgan fingerprint density at radius 1 is 1.30 bits per heavy atom. The second-order valence-corrected chi connectivity index (χ2v) is 9.06. The summed E-state index contributed by atoms with van der Waals surface area (Å²) in [4.78, 5) is 12.4. The number of carbonyl (C=O) groups is 1. The lowest BCUT2D eigenvalue weighted by atomic mass is 9.45. The molecule has 1 aliphatic heterocycles. The standard InChI is InChI=1S/C20H30O3/c1-7-18(4)12-13(21)16-19(5)10-9-15(22)17(2,3)14(19)8-11-20(16,6)23-18/h7,9-10,13-14,16,21H,1,8,11-12H2,2-6H3/t13?,14?,16?,18-,19+,20-/m0/s1. The summed E-state index contributed by atoms with van der Waals surface area (Å²) in [6.45, 7) is 14.3. The summed E-state index contributed by atoms with van der Waals surface area (Å²) in [5.74, 6) is 0.424. The fraction of sp³-hybridized carbons (Fsp3) is 0.750. The van der Waals surface area contributed by atoms with Gasteiger partial charge in [0.15, 0.2) is 5.78 Å². The van der Waals surface area contributed by atoms with Gasteiger partial charge in [0.2, 0.25) is 0 Å². The van der Waals surface area contributed by atoms with Crippen molar-refractivity contribution in [1.29, 1.82) is 0 Å². The van der Waals surface area contributed by atoms with E-state index < -0.39 is 17.3 Å². The molecule has 3 heteroatoms. The summed E-state index contributed by atoms with van der Waals surface area (Å²) < 4.78 is 6.50. The molecule has 0 radical (unpaired) electrons. The lowest BCUT2D eigenvalue weighted by molar-refractivity contribution is -0.268. The van der Waals surface area contributed by atoms with Crippen LogP contribution in [0.2, 0.25) is 0 Å². The van der Waals surface area contributed by atoms with E-state index in [0.717, 1.165) is 12.8 Å². The average molecular weight is 318 g/mol. The van der Waals surface area contributed by atoms with Crippen molar-refractivity contribution >= 4 is 5.78 Å². The van der Waals surface area contributed by atoms with Crippen LogP contribution in [0.15, 0.2) is 24.8 Å². The quantitative estimate of drug-likeness (QED) is 0.750. The molecular weight excluding hydrogens is 288 g/mol. The molecule has 3 rings (SSSR count). The molecule has 1 saturated carbocycles. The number of fused-ring (bicyclic) bond motifs is 3. The van der Waals surface area contributed by atoms with Gasteiger partial charge in [-0.05, 0) is 44.1 Å². The van der Waals surface area contributed by atoms with Crippen molar-refractivity contribution < 1.29 is 14.6 Å². The van der Waals surface area contributed by atoms with Gasteiger partial charge in [-0.15, -0.1) is 6.58 Å². The second-order valence-electron chi connectivity index (χ2n) is 9.06. The molecule has 23 heavy (non-hydrogen) atoms. The zero-order chi connectivity index (χ0) is 17.3. The smallest absolute Gasteiger partial charge is 0.161 e. The van der Waals surface area contributed by atoms with Crippen molar-refractivity contribution in [2.24, 2.45) is 22.7 Å². The third-order valence-electron chi connectivity index (χ3n) is 7.01. The van der Waals surface area contributed by atoms with Gasteiger partial charge in [0, 0.05) is 17.8 Å². The van der Waals surface area contributed by atoms with Crippen LogP contribution < -0.4 is 0 Å². The van der Waals surface area contributed by atoms with E-state index in [1.54, 1.807) is 6.08 Å². The number of aliphatic hydroxyl groups excluding tert-OH is 1. The van der Waals surface area contributed by atoms with Gasteiger partial charge < -0.3 is 9.84 Å². The molecule has 3 nitrogen and oxygen atoms in total. The van der Waals surface area contributed by atoms with E-state index in [1.165, 1.54) is 0 Å². The first-order chi connectivity index (χ1) is 10.5. The van der Waals surface area contributed by atoms with Gasteiger partial charge in [0.1, 0.15) is 0 Å². The van der Waals surface area contributed by atoms with Gasteiger partial charge in [-0.25, -0.2) is 0 Å². The summed E-state index contributed by atoms with van der Waals surface area (Å²) >= 11 is 0. The fourth-order valence-corrected chi connectivity index (χ4v) is 5.94. The Bertz CT molecular complexity index is 577. The Kier molecular flexibility index (Phi) is 3.53. The van der Waals surface area contributed by atoms with Gasteiger partial charge in [-0.1, -0.05) is 32.9 Å². The minimum atomic E-state index is -0.489. The molecular formula is C20H30O3. The molecule has 0 bridgehead atoms. The third kappa shape index (κ3) is 2.20. The molecule has 1 saturated heterocycles. The van der Waals surface area contributed by atoms with E-state index in [2.05, 4.69) is 26.5 Å². The minimum absolute atomic E-state index is 0.00889. The predicted molar refractivity (Wildman–Crippen MR) is 91.0 cm³/mol. The maximum absolute atomic E-state index is 12.4. The van der Waals surface area contributed by atoms with E-state index in [9.17, 15) is 9.90 Å². The zero-order valence-corrected chi connectivity index (χ0v) is 15.1. The van der Waals surface area contributed by atoms with Crippen LogP contribution in [0.25, 0.3) is 0 Å². The van der Waals surface area contributed by atoms with Crippen molar-refractivity contribution in [3.8, 4) is 0 Å². The van der Waals surface area contributed by atoms with E-state index in [-0.39, 0.29) is 28.4 Å². The number of rotatable bonds is 1. The van der Waals surface area contributed by atoms with Crippen LogP contribution in [0, 0.1) is 22.7 Å². The molecule has 0 aromatic carbocycles. The second kappa shape index (κ2) is 4.80. The average Bonchev–Trinajstić information content (AvgIpc) is 2.41. The molecule has 3 unspecified atom stereocenters. The van der Waals surface area contributed by atoms with Crippen LogP contribution in [0.1, 0.15) is 53.9 Å². The van der Waals surface area contributed by atoms with Crippen LogP contribution in [0.4, 0.5) is 0 Å². The first kappa shape index (κ1) is 16.9. The highest BCUT2D eigenvalue weighted by atomic mass is 16.5. The predicted octanol–water partition coefficient (Wildman–Crippen LogP) is 3.67. The number of ether oxygens (including phenoxy) is 1. The van der Waals surface area contributed by atoms with Crippen molar-refractivity contribution in [2.45, 2.75) is 71.2 Å². The van der Waals surface area contributed by atoms with Gasteiger partial charge in [0.25, 0.3) is 0 Å². The Morgan fingerprint density at radius 2 is 1.96 bits per heavy atom. The molecule has 0 amide bonds. The summed E-state index contributed by atoms with van der Waals surface area (Å²) in [5.41, 5.74) is -1.50. The highest BCUT2D eigenvalue weighted by Crippen LogP contribution is 2.63. The topological polar surface area (TPSA) is 46.5 Å². The van der Waals surface area contributed by atoms with Gasteiger partial charge in [-0.3, -0.25) is 4.79 Å². The molecule has 1 N–H and O–H groups in total. The van der Waals surface area contributed by atoms with Crippen LogP contribution in [0.5, 0.6) is 0 Å². The fourth-order valence-electron chi connectivity index (χ4n) is 5.94. The Morgan fingerprint density at radius 3 is 2.57 bits per heavy atom. The Labute approximate surface area is 139 Å². The lowest BCUT2D eigenvalue weighted by Gasteiger charge is -2.64. The normalized spacial score (nSPS) is 51.7. The lowest BCUT2D eigenvalue weighted by Crippen LogP contribution is -2.66. The summed E-state index contributed by atoms with van der Waals surface area (Å²) in [7, 11) is 0. The van der Waals surface area contributed by atoms with Crippen LogP contribution in [-0.2, 0) is 9.53 Å². The number of ketones is 1. The first-order valence-corrected chi connectivity index (χ1v) is 8.74. The number of allylic oxidation sites excluding steroid dienone is 2. The van der Waals surface area contributed by atoms with E-state index in [0.29, 0.717) is 6.42 Å². The largest absolute Gasteiger partial charge is 0.393 e. The monoisotopic (exact) mass is 318 g/mol. The summed E-state index contributed by atoms with van der Waals surface area (Å²) in [6.07, 6.45) is 7.50. The van der Waals surface area contributed by atoms with Crippen LogP contribution in [-0.4, -0.2) is 28.2 Å². The maximum Gasteiger partial charge on any atom is 0.161 e. The SMILES string of the molecule is C=C[C@@]1(C)CC(O)C2[C@]3(C)C=CC(=O)C(C)(C)C3CC[C@]2(C)O1. The number of hydrogen-bond donors (Lipinski definition) is 1. The van der Waals surface area contributed by atoms with Crippen LogP contribution in [0.3, 0.4) is 0 Å². The number of carbonyl (C=O) groups excluding carboxylic acids is 1. The molecule has 128 valence electrons. The molecule has 1 heterocycles. The molecule has 0 spiro atoms. The van der Waals surface area contributed by atoms with Gasteiger partial charge in [-0.2, -0.15) is 0 Å². The summed E-state index contributed by atoms with van der Waals surface area (Å²) in [6, 6.07) is 0. The Balaban J connectivity index is 2.08. The molecule has 0 aromatic heterocycles. The number of aliphatic hydroxyl groups is 1. The van der Waals surface area contributed by atoms with Crippen molar-refractivity contribution in [3.63, 3.8) is 0 Å². The maximum atomic E-state index is 12.4. The van der Waals surface area contributed by atoms with E-state index in [1.807, 2.05) is 26.8 Å². The third-order valence-corrected chi connectivity index (χ3v) is 7.01. The minimum Gasteiger partial charge on any atom is -0.393 e. The molecule has 6 atom stereocenters. The van der Waals surface area contributed by atoms with Gasteiger partial charge in [0.05, 0.1) is 17.3 Å². The molecule has 2 fully saturated rings. The highest BCUT2D eigenvalue weighted by Gasteiger charge is 2.64. The molecule has 0 aromatic rings. The van der Waals surface area contributed by atoms with Crippen molar-refractivity contribution in [2.75, 3.05) is 0 Å². The summed E-state index contributed by atoms with van der Waals surface area (Å²) in [5, 5.41) is 11.0. The molecule has 2 aliphatic carbocycles. The first-order valence-electron chi connectivity index (χ1n) is 8.74. The van der Waals surface area contributed by atoms with Crippen molar-refractivity contribution in [3.05, 3.63) is 24.8 Å². The molecule has 3 aliphatic rings. The van der Waals surface area contributed by atoms with E-state index in [4.69, 9.17) is 4.74 Å². The van der Waals surface area contributed by atoms with Crippen molar-refractivity contribution in [1.82, 2.24) is 0 Å². The van der Waals surface area contributed by atoms with Gasteiger partial charge >= 0.3 is 0 Å². The Hall–Kier alpha value is -0.930.